The predicted molar refractivity (Wildman–Crippen MR) is 77.6 cm³/mol. The van der Waals surface area contributed by atoms with Crippen molar-refractivity contribution in [2.45, 2.75) is 13.5 Å². The number of thiazole rings is 1. The van der Waals surface area contributed by atoms with E-state index in [1.54, 1.807) is 23.6 Å². The lowest BCUT2D eigenvalue weighted by atomic mass is 10.3. The first-order valence-electron chi connectivity index (χ1n) is 5.91. The van der Waals surface area contributed by atoms with Crippen LogP contribution in [0, 0.1) is 6.92 Å². The monoisotopic (exact) mass is 271 g/mol. The summed E-state index contributed by atoms with van der Waals surface area (Å²) in [5.74, 6) is 0.550. The Kier molecular flexibility index (Phi) is 3.10. The molecule has 0 fully saturated rings. The summed E-state index contributed by atoms with van der Waals surface area (Å²) < 4.78 is 1.18. The number of anilines is 2. The van der Waals surface area contributed by atoms with E-state index in [1.807, 2.05) is 19.1 Å². The fourth-order valence-corrected chi connectivity index (χ4v) is 2.63. The van der Waals surface area contributed by atoms with Crippen molar-refractivity contribution >= 4 is 33.2 Å². The summed E-state index contributed by atoms with van der Waals surface area (Å²) in [7, 11) is 0. The molecule has 0 saturated carbocycles. The normalized spacial score (nSPS) is 10.8. The second kappa shape index (κ2) is 4.91. The lowest BCUT2D eigenvalue weighted by Gasteiger charge is -2.05. The van der Waals surface area contributed by atoms with Gasteiger partial charge >= 0.3 is 0 Å². The predicted octanol–water partition coefficient (Wildman–Crippen LogP) is 2.60. The van der Waals surface area contributed by atoms with Crippen LogP contribution >= 0.6 is 11.3 Å². The van der Waals surface area contributed by atoms with Gasteiger partial charge in [-0.3, -0.25) is 0 Å². The standard InChI is InChI=1S/C13H13N5S/c1-8-16-11-6-9(2-3-12(11)19-8)17-13-15-5-4-10(7-14)18-13/h2-6H,7,14H2,1H3,(H,15,17,18). The molecule has 3 aromatic rings. The van der Waals surface area contributed by atoms with Crippen molar-refractivity contribution in [2.75, 3.05) is 5.32 Å². The molecule has 0 amide bonds. The second-order valence-electron chi connectivity index (χ2n) is 4.12. The number of hydrogen-bond acceptors (Lipinski definition) is 6. The van der Waals surface area contributed by atoms with Crippen LogP contribution in [0.15, 0.2) is 30.5 Å². The second-order valence-corrected chi connectivity index (χ2v) is 5.35. The van der Waals surface area contributed by atoms with Crippen molar-refractivity contribution in [1.82, 2.24) is 15.0 Å². The minimum Gasteiger partial charge on any atom is -0.325 e. The first-order valence-corrected chi connectivity index (χ1v) is 6.72. The molecule has 6 heteroatoms. The molecule has 2 aromatic heterocycles. The summed E-state index contributed by atoms with van der Waals surface area (Å²) in [5.41, 5.74) is 8.28. The Morgan fingerprint density at radius 2 is 2.16 bits per heavy atom. The first-order chi connectivity index (χ1) is 9.24. The Labute approximate surface area is 114 Å². The van der Waals surface area contributed by atoms with E-state index in [2.05, 4.69) is 26.3 Å². The van der Waals surface area contributed by atoms with E-state index in [0.717, 1.165) is 21.9 Å². The van der Waals surface area contributed by atoms with Gasteiger partial charge in [0, 0.05) is 18.4 Å². The molecular formula is C13H13N5S. The number of hydrogen-bond donors (Lipinski definition) is 2. The fraction of sp³-hybridized carbons (Fsp3) is 0.154. The molecule has 96 valence electrons. The van der Waals surface area contributed by atoms with Crippen LogP contribution in [0.2, 0.25) is 0 Å². The Hall–Kier alpha value is -2.05. The van der Waals surface area contributed by atoms with E-state index >= 15 is 0 Å². The molecule has 0 unspecified atom stereocenters. The highest BCUT2D eigenvalue weighted by Crippen LogP contribution is 2.25. The number of nitrogens with zero attached hydrogens (tertiary/aromatic N) is 3. The molecule has 5 nitrogen and oxygen atoms in total. The zero-order valence-electron chi connectivity index (χ0n) is 10.4. The minimum absolute atomic E-state index is 0.404. The maximum absolute atomic E-state index is 5.56. The van der Waals surface area contributed by atoms with Gasteiger partial charge in [-0.15, -0.1) is 11.3 Å². The molecule has 0 aliphatic rings. The van der Waals surface area contributed by atoms with Crippen LogP contribution in [0.3, 0.4) is 0 Å². The molecule has 1 aromatic carbocycles. The quantitative estimate of drug-likeness (QED) is 0.765. The van der Waals surface area contributed by atoms with Crippen LogP contribution in [-0.2, 0) is 6.54 Å². The average Bonchev–Trinajstić information content (AvgIpc) is 2.78. The molecule has 0 radical (unpaired) electrons. The molecule has 0 aliphatic carbocycles. The van der Waals surface area contributed by atoms with Crippen LogP contribution < -0.4 is 11.1 Å². The third kappa shape index (κ3) is 2.54. The van der Waals surface area contributed by atoms with E-state index in [9.17, 15) is 0 Å². The fourth-order valence-electron chi connectivity index (χ4n) is 1.82. The topological polar surface area (TPSA) is 76.7 Å². The summed E-state index contributed by atoms with van der Waals surface area (Å²) in [5, 5.41) is 4.23. The smallest absolute Gasteiger partial charge is 0.227 e. The van der Waals surface area contributed by atoms with Crippen molar-refractivity contribution in [1.29, 1.82) is 0 Å². The molecule has 0 atom stereocenters. The number of aryl methyl sites for hydroxylation is 1. The van der Waals surface area contributed by atoms with Crippen molar-refractivity contribution in [2.24, 2.45) is 5.73 Å². The third-order valence-corrected chi connectivity index (χ3v) is 3.62. The summed E-state index contributed by atoms with van der Waals surface area (Å²) in [6, 6.07) is 7.85. The van der Waals surface area contributed by atoms with Gasteiger partial charge in [0.15, 0.2) is 0 Å². The Balaban J connectivity index is 1.91. The van der Waals surface area contributed by atoms with E-state index in [1.165, 1.54) is 4.70 Å². The van der Waals surface area contributed by atoms with Gasteiger partial charge < -0.3 is 11.1 Å². The van der Waals surface area contributed by atoms with Crippen LogP contribution in [0.25, 0.3) is 10.2 Å². The van der Waals surface area contributed by atoms with Gasteiger partial charge in [0.25, 0.3) is 0 Å². The van der Waals surface area contributed by atoms with E-state index in [4.69, 9.17) is 5.73 Å². The van der Waals surface area contributed by atoms with Crippen LogP contribution in [-0.4, -0.2) is 15.0 Å². The maximum atomic E-state index is 5.56. The van der Waals surface area contributed by atoms with Crippen molar-refractivity contribution in [3.05, 3.63) is 41.2 Å². The summed E-state index contributed by atoms with van der Waals surface area (Å²) in [6.07, 6.45) is 1.70. The number of rotatable bonds is 3. The summed E-state index contributed by atoms with van der Waals surface area (Å²) in [4.78, 5) is 12.9. The molecule has 0 aliphatic heterocycles. The number of aromatic nitrogens is 3. The Bertz CT molecular complexity index is 722. The van der Waals surface area contributed by atoms with Crippen molar-refractivity contribution < 1.29 is 0 Å². The summed E-state index contributed by atoms with van der Waals surface area (Å²) in [6.45, 7) is 2.41. The number of nitrogens with two attached hydrogens (primary N) is 1. The SMILES string of the molecule is Cc1nc2cc(Nc3nccc(CN)n3)ccc2s1. The van der Waals surface area contributed by atoms with Crippen LogP contribution in [0.5, 0.6) is 0 Å². The molecule has 19 heavy (non-hydrogen) atoms. The third-order valence-electron chi connectivity index (χ3n) is 2.67. The van der Waals surface area contributed by atoms with Crippen LogP contribution in [0.1, 0.15) is 10.7 Å². The molecule has 3 rings (SSSR count). The molecule has 0 spiro atoms. The largest absolute Gasteiger partial charge is 0.325 e. The first kappa shape index (κ1) is 12.0. The van der Waals surface area contributed by atoms with E-state index in [-0.39, 0.29) is 0 Å². The van der Waals surface area contributed by atoms with Crippen molar-refractivity contribution in [3.8, 4) is 0 Å². The average molecular weight is 271 g/mol. The molecule has 0 saturated heterocycles. The zero-order valence-corrected chi connectivity index (χ0v) is 11.2. The highest BCUT2D eigenvalue weighted by molar-refractivity contribution is 7.18. The van der Waals surface area contributed by atoms with Gasteiger partial charge in [0.05, 0.1) is 20.9 Å². The lowest BCUT2D eigenvalue weighted by Crippen LogP contribution is -2.03. The molecule has 2 heterocycles. The van der Waals surface area contributed by atoms with Gasteiger partial charge in [-0.1, -0.05) is 0 Å². The van der Waals surface area contributed by atoms with Crippen molar-refractivity contribution in [3.63, 3.8) is 0 Å². The maximum Gasteiger partial charge on any atom is 0.227 e. The van der Waals surface area contributed by atoms with E-state index in [0.29, 0.717) is 12.5 Å². The number of nitrogens with one attached hydrogen (secondary N) is 1. The van der Waals surface area contributed by atoms with Gasteiger partial charge in [-0.05, 0) is 31.2 Å². The summed E-state index contributed by atoms with van der Waals surface area (Å²) >= 11 is 1.69. The van der Waals surface area contributed by atoms with Gasteiger partial charge in [0.1, 0.15) is 0 Å². The highest BCUT2D eigenvalue weighted by atomic mass is 32.1. The highest BCUT2D eigenvalue weighted by Gasteiger charge is 2.03. The van der Waals surface area contributed by atoms with E-state index < -0.39 is 0 Å². The Morgan fingerprint density at radius 3 is 3.00 bits per heavy atom. The Morgan fingerprint density at radius 1 is 1.26 bits per heavy atom. The van der Waals surface area contributed by atoms with Gasteiger partial charge in [-0.25, -0.2) is 15.0 Å². The molecule has 0 bridgehead atoms. The lowest BCUT2D eigenvalue weighted by molar-refractivity contribution is 0.969. The number of fused-ring (bicyclic) bond motifs is 1. The van der Waals surface area contributed by atoms with Gasteiger partial charge in [-0.2, -0.15) is 0 Å². The molecular weight excluding hydrogens is 258 g/mol. The van der Waals surface area contributed by atoms with Crippen LogP contribution in [0.4, 0.5) is 11.6 Å². The van der Waals surface area contributed by atoms with Gasteiger partial charge in [0.2, 0.25) is 5.95 Å². The zero-order chi connectivity index (χ0) is 13.2. The minimum atomic E-state index is 0.404. The number of benzene rings is 1. The molecule has 3 N–H and O–H groups in total.